The monoisotopic (exact) mass is 396 g/mol. The Hall–Kier alpha value is -3.86. The summed E-state index contributed by atoms with van der Waals surface area (Å²) in [6.45, 7) is 0. The molecular weight excluding hydrogens is 376 g/mol. The van der Waals surface area contributed by atoms with Crippen molar-refractivity contribution in [3.8, 4) is 5.75 Å². The maximum Gasteiger partial charge on any atom is 0.345 e. The lowest BCUT2D eigenvalue weighted by Crippen LogP contribution is -2.18. The van der Waals surface area contributed by atoms with Crippen LogP contribution in [-0.4, -0.2) is 12.8 Å². The summed E-state index contributed by atoms with van der Waals surface area (Å²) >= 11 is 0. The summed E-state index contributed by atoms with van der Waals surface area (Å²) in [6.07, 6.45) is 0.602. The smallest absolute Gasteiger partial charge is 0.345 e. The normalized spacial score (nSPS) is 16.0. The zero-order valence-corrected chi connectivity index (χ0v) is 16.5. The predicted molar refractivity (Wildman–Crippen MR) is 118 cm³/mol. The van der Waals surface area contributed by atoms with Crippen molar-refractivity contribution in [1.82, 2.24) is 0 Å². The lowest BCUT2D eigenvalue weighted by atomic mass is 9.98. The second-order valence-corrected chi connectivity index (χ2v) is 7.21. The third-order valence-corrected chi connectivity index (χ3v) is 5.38. The maximum absolute atomic E-state index is 12.7. The van der Waals surface area contributed by atoms with E-state index in [1.807, 2.05) is 83.9 Å². The van der Waals surface area contributed by atoms with Crippen LogP contribution >= 0.6 is 0 Å². The van der Waals surface area contributed by atoms with E-state index in [-0.39, 0.29) is 11.7 Å². The van der Waals surface area contributed by atoms with Crippen molar-refractivity contribution in [1.29, 1.82) is 0 Å². The average Bonchev–Trinajstić information content (AvgIpc) is 3.24. The second-order valence-electron chi connectivity index (χ2n) is 7.21. The zero-order chi connectivity index (χ0) is 20.5. The molecule has 0 saturated heterocycles. The van der Waals surface area contributed by atoms with Crippen LogP contribution in [0.4, 0.5) is 5.69 Å². The molecule has 0 saturated carbocycles. The number of fused-ring (bicyclic) bond motifs is 1. The highest BCUT2D eigenvalue weighted by Gasteiger charge is 2.31. The minimum atomic E-state index is -0.365. The molecule has 3 aromatic carbocycles. The lowest BCUT2D eigenvalue weighted by Gasteiger charge is -2.24. The summed E-state index contributed by atoms with van der Waals surface area (Å²) in [7, 11) is 1.65. The van der Waals surface area contributed by atoms with Gasteiger partial charge in [-0.1, -0.05) is 48.5 Å². The number of anilines is 1. The minimum absolute atomic E-state index is 0.0285. The Kier molecular flexibility index (Phi) is 4.56. The number of rotatable bonds is 4. The highest BCUT2D eigenvalue weighted by Crippen LogP contribution is 2.37. The summed E-state index contributed by atoms with van der Waals surface area (Å²) in [5, 5.41) is 7.72. The standard InChI is InChI=1S/C25H20N2O3/c1-29-20-13-11-17(12-14-20)23-16-22(26-27(23)19-8-3-2-4-9-19)21-15-18-7-5-6-10-24(18)30-25(21)28/h2-15,23H,16H2,1H3/t23-/m0/s1. The molecule has 1 aliphatic heterocycles. The summed E-state index contributed by atoms with van der Waals surface area (Å²) in [6, 6.07) is 27.3. The van der Waals surface area contributed by atoms with Gasteiger partial charge < -0.3 is 9.15 Å². The number of benzene rings is 3. The first-order valence-corrected chi connectivity index (χ1v) is 9.82. The highest BCUT2D eigenvalue weighted by atomic mass is 16.5. The van der Waals surface area contributed by atoms with Gasteiger partial charge in [0.2, 0.25) is 0 Å². The van der Waals surface area contributed by atoms with Gasteiger partial charge in [0.15, 0.2) is 0 Å². The van der Waals surface area contributed by atoms with E-state index in [0.717, 1.165) is 28.1 Å². The number of hydrazone groups is 1. The van der Waals surface area contributed by atoms with Gasteiger partial charge in [0.05, 0.1) is 30.1 Å². The molecule has 0 N–H and O–H groups in total. The van der Waals surface area contributed by atoms with E-state index >= 15 is 0 Å². The van der Waals surface area contributed by atoms with E-state index in [1.165, 1.54) is 0 Å². The molecule has 0 bridgehead atoms. The quantitative estimate of drug-likeness (QED) is 0.447. The van der Waals surface area contributed by atoms with E-state index in [9.17, 15) is 4.79 Å². The number of ether oxygens (including phenoxy) is 1. The van der Waals surface area contributed by atoms with Crippen LogP contribution in [0.15, 0.2) is 99.2 Å². The van der Waals surface area contributed by atoms with E-state index in [1.54, 1.807) is 13.2 Å². The Morgan fingerprint density at radius 1 is 0.967 bits per heavy atom. The molecule has 0 radical (unpaired) electrons. The fourth-order valence-electron chi connectivity index (χ4n) is 3.84. The molecule has 4 aromatic rings. The largest absolute Gasteiger partial charge is 0.497 e. The second kappa shape index (κ2) is 7.52. The van der Waals surface area contributed by atoms with Crippen molar-refractivity contribution in [3.63, 3.8) is 0 Å². The topological polar surface area (TPSA) is 55.0 Å². The first-order valence-electron chi connectivity index (χ1n) is 9.82. The molecule has 30 heavy (non-hydrogen) atoms. The molecule has 0 aliphatic carbocycles. The maximum atomic E-state index is 12.7. The molecule has 2 heterocycles. The number of nitrogens with zero attached hydrogens (tertiary/aromatic N) is 2. The summed E-state index contributed by atoms with van der Waals surface area (Å²) in [5.41, 5.74) is 3.51. The van der Waals surface area contributed by atoms with Crippen molar-refractivity contribution < 1.29 is 9.15 Å². The van der Waals surface area contributed by atoms with Crippen molar-refractivity contribution in [2.75, 3.05) is 12.1 Å². The van der Waals surface area contributed by atoms with Gasteiger partial charge in [0.1, 0.15) is 11.3 Å². The molecule has 1 aliphatic rings. The van der Waals surface area contributed by atoms with Gasteiger partial charge in [0.25, 0.3) is 0 Å². The summed E-state index contributed by atoms with van der Waals surface area (Å²) in [5.74, 6) is 0.805. The van der Waals surface area contributed by atoms with E-state index < -0.39 is 0 Å². The van der Waals surface area contributed by atoms with Crippen LogP contribution in [0.3, 0.4) is 0 Å². The van der Waals surface area contributed by atoms with Crippen molar-refractivity contribution in [3.05, 3.63) is 106 Å². The Morgan fingerprint density at radius 2 is 1.70 bits per heavy atom. The van der Waals surface area contributed by atoms with Crippen LogP contribution in [0.1, 0.15) is 23.6 Å². The Balaban J connectivity index is 1.59. The van der Waals surface area contributed by atoms with Crippen LogP contribution in [0.25, 0.3) is 11.0 Å². The fraction of sp³-hybridized carbons (Fsp3) is 0.120. The minimum Gasteiger partial charge on any atom is -0.497 e. The highest BCUT2D eigenvalue weighted by molar-refractivity contribution is 6.04. The Bertz CT molecular complexity index is 1280. The molecule has 148 valence electrons. The van der Waals surface area contributed by atoms with Crippen LogP contribution in [0, 0.1) is 0 Å². The Morgan fingerprint density at radius 3 is 2.47 bits per heavy atom. The molecule has 5 heteroatoms. The average molecular weight is 396 g/mol. The van der Waals surface area contributed by atoms with E-state index in [4.69, 9.17) is 14.3 Å². The number of para-hydroxylation sites is 2. The van der Waals surface area contributed by atoms with Gasteiger partial charge in [-0.25, -0.2) is 4.79 Å². The third-order valence-electron chi connectivity index (χ3n) is 5.38. The van der Waals surface area contributed by atoms with Gasteiger partial charge in [-0.05, 0) is 42.0 Å². The molecule has 0 spiro atoms. The Labute approximate surface area is 173 Å². The molecule has 0 amide bonds. The molecule has 0 unspecified atom stereocenters. The number of hydrogen-bond acceptors (Lipinski definition) is 5. The fourth-order valence-corrected chi connectivity index (χ4v) is 3.84. The molecular formula is C25H20N2O3. The van der Waals surface area contributed by atoms with Crippen LogP contribution in [0.5, 0.6) is 5.75 Å². The van der Waals surface area contributed by atoms with Crippen molar-refractivity contribution in [2.24, 2.45) is 5.10 Å². The summed E-state index contributed by atoms with van der Waals surface area (Å²) < 4.78 is 10.8. The lowest BCUT2D eigenvalue weighted by molar-refractivity contribution is 0.414. The van der Waals surface area contributed by atoms with Crippen molar-refractivity contribution in [2.45, 2.75) is 12.5 Å². The first kappa shape index (κ1) is 18.2. The van der Waals surface area contributed by atoms with Crippen LogP contribution in [-0.2, 0) is 0 Å². The van der Waals surface area contributed by atoms with Gasteiger partial charge in [-0.2, -0.15) is 5.10 Å². The molecule has 5 nitrogen and oxygen atoms in total. The summed E-state index contributed by atoms with van der Waals surface area (Å²) in [4.78, 5) is 12.7. The molecule has 1 aromatic heterocycles. The van der Waals surface area contributed by atoms with Crippen LogP contribution < -0.4 is 15.4 Å². The number of methoxy groups -OCH3 is 1. The van der Waals surface area contributed by atoms with Gasteiger partial charge in [-0.15, -0.1) is 0 Å². The van der Waals surface area contributed by atoms with Gasteiger partial charge >= 0.3 is 5.63 Å². The van der Waals surface area contributed by atoms with Crippen molar-refractivity contribution >= 4 is 22.4 Å². The molecule has 1 atom stereocenters. The number of hydrogen-bond donors (Lipinski definition) is 0. The first-order chi connectivity index (χ1) is 14.7. The van der Waals surface area contributed by atoms with Gasteiger partial charge in [0, 0.05) is 11.8 Å². The molecule has 5 rings (SSSR count). The third kappa shape index (κ3) is 3.24. The van der Waals surface area contributed by atoms with Crippen LogP contribution in [0.2, 0.25) is 0 Å². The SMILES string of the molecule is COc1ccc([C@@H]2CC(c3cc4ccccc4oc3=O)=NN2c2ccccc2)cc1. The van der Waals surface area contributed by atoms with E-state index in [0.29, 0.717) is 17.6 Å². The molecule has 0 fully saturated rings. The zero-order valence-electron chi connectivity index (χ0n) is 16.5. The van der Waals surface area contributed by atoms with E-state index in [2.05, 4.69) is 0 Å². The van der Waals surface area contributed by atoms with Gasteiger partial charge in [-0.3, -0.25) is 5.01 Å². The predicted octanol–water partition coefficient (Wildman–Crippen LogP) is 5.16.